The predicted molar refractivity (Wildman–Crippen MR) is 78.8 cm³/mol. The second-order valence-electron chi connectivity index (χ2n) is 5.91. The van der Waals surface area contributed by atoms with E-state index >= 15 is 0 Å². The molecule has 0 amide bonds. The lowest BCUT2D eigenvalue weighted by atomic mass is 9.93. The molecule has 0 spiro atoms. The first kappa shape index (κ1) is 17.7. The Labute approximate surface area is 113 Å². The molecule has 0 saturated carbocycles. The molecule has 1 N–H and O–H groups in total. The zero-order valence-corrected chi connectivity index (χ0v) is 12.7. The molecule has 0 fully saturated rings. The maximum absolute atomic E-state index is 9.61. The van der Waals surface area contributed by atoms with Crippen molar-refractivity contribution in [2.24, 2.45) is 5.92 Å². The van der Waals surface area contributed by atoms with Crippen molar-refractivity contribution in [3.8, 4) is 0 Å². The highest BCUT2D eigenvalue weighted by atomic mass is 16.5. The number of aliphatic hydroxyl groups is 1. The average Bonchev–Trinajstić information content (AvgIpc) is 2.33. The van der Waals surface area contributed by atoms with E-state index in [1.54, 1.807) is 6.08 Å². The predicted octanol–water partition coefficient (Wildman–Crippen LogP) is 4.33. The molecule has 2 unspecified atom stereocenters. The smallest absolute Gasteiger partial charge is 0.0743 e. The van der Waals surface area contributed by atoms with Gasteiger partial charge in [0.05, 0.1) is 11.7 Å². The molecule has 0 heterocycles. The van der Waals surface area contributed by atoms with Crippen LogP contribution in [0.15, 0.2) is 12.7 Å². The molecule has 2 nitrogen and oxygen atoms in total. The Morgan fingerprint density at radius 1 is 1.28 bits per heavy atom. The summed E-state index contributed by atoms with van der Waals surface area (Å²) in [5.74, 6) is 0.290. The summed E-state index contributed by atoms with van der Waals surface area (Å²) in [7, 11) is 0. The number of hydrogen-bond donors (Lipinski definition) is 1. The minimum atomic E-state index is -0.376. The largest absolute Gasteiger partial charge is 0.389 e. The molecular weight excluding hydrogens is 224 g/mol. The van der Waals surface area contributed by atoms with Gasteiger partial charge in [0, 0.05) is 6.61 Å². The van der Waals surface area contributed by atoms with Crippen LogP contribution >= 0.6 is 0 Å². The molecule has 0 aromatic carbocycles. The Bertz CT molecular complexity index is 211. The summed E-state index contributed by atoms with van der Waals surface area (Å²) in [5, 5.41) is 9.61. The highest BCUT2D eigenvalue weighted by Crippen LogP contribution is 2.21. The van der Waals surface area contributed by atoms with Crippen LogP contribution in [0, 0.1) is 5.92 Å². The van der Waals surface area contributed by atoms with Gasteiger partial charge in [-0.1, -0.05) is 39.2 Å². The van der Waals surface area contributed by atoms with Crippen molar-refractivity contribution in [3.63, 3.8) is 0 Å². The third kappa shape index (κ3) is 8.71. The van der Waals surface area contributed by atoms with Crippen molar-refractivity contribution in [3.05, 3.63) is 12.7 Å². The van der Waals surface area contributed by atoms with Gasteiger partial charge in [-0.3, -0.25) is 0 Å². The van der Waals surface area contributed by atoms with Gasteiger partial charge in [-0.05, 0) is 39.0 Å². The highest BCUT2D eigenvalue weighted by molar-refractivity contribution is 4.82. The van der Waals surface area contributed by atoms with Crippen molar-refractivity contribution in [2.45, 2.75) is 77.9 Å². The first-order chi connectivity index (χ1) is 8.43. The maximum atomic E-state index is 9.61. The van der Waals surface area contributed by atoms with E-state index in [1.807, 2.05) is 0 Å². The highest BCUT2D eigenvalue weighted by Gasteiger charge is 2.19. The van der Waals surface area contributed by atoms with Crippen molar-refractivity contribution in [1.29, 1.82) is 0 Å². The number of aliphatic hydroxyl groups excluding tert-OH is 1. The van der Waals surface area contributed by atoms with E-state index in [2.05, 4.69) is 34.3 Å². The van der Waals surface area contributed by atoms with Crippen molar-refractivity contribution in [1.82, 2.24) is 0 Å². The zero-order valence-electron chi connectivity index (χ0n) is 12.7. The number of ether oxygens (including phenoxy) is 1. The minimum Gasteiger partial charge on any atom is -0.389 e. The summed E-state index contributed by atoms with van der Waals surface area (Å²) in [6.07, 6.45) is 8.05. The molecule has 0 aromatic rings. The fourth-order valence-electron chi connectivity index (χ4n) is 2.03. The average molecular weight is 256 g/mol. The molecule has 18 heavy (non-hydrogen) atoms. The van der Waals surface area contributed by atoms with Gasteiger partial charge in [0.2, 0.25) is 0 Å². The van der Waals surface area contributed by atoms with Crippen LogP contribution in [-0.2, 0) is 4.74 Å². The molecule has 2 atom stereocenters. The molecule has 0 saturated heterocycles. The van der Waals surface area contributed by atoms with Crippen LogP contribution in [-0.4, -0.2) is 23.4 Å². The van der Waals surface area contributed by atoms with Crippen molar-refractivity contribution >= 4 is 0 Å². The molecule has 2 heteroatoms. The molecule has 0 aliphatic heterocycles. The van der Waals surface area contributed by atoms with Crippen LogP contribution in [0.3, 0.4) is 0 Å². The van der Waals surface area contributed by atoms with Gasteiger partial charge < -0.3 is 9.84 Å². The fourth-order valence-corrected chi connectivity index (χ4v) is 2.03. The second-order valence-corrected chi connectivity index (χ2v) is 5.91. The van der Waals surface area contributed by atoms with Crippen LogP contribution < -0.4 is 0 Å². The van der Waals surface area contributed by atoms with E-state index in [0.717, 1.165) is 32.3 Å². The van der Waals surface area contributed by atoms with Crippen molar-refractivity contribution < 1.29 is 9.84 Å². The third-order valence-electron chi connectivity index (χ3n) is 3.50. The lowest BCUT2D eigenvalue weighted by Gasteiger charge is -2.26. The lowest BCUT2D eigenvalue weighted by Crippen LogP contribution is -2.25. The summed E-state index contributed by atoms with van der Waals surface area (Å²) in [5.41, 5.74) is -0.0351. The van der Waals surface area contributed by atoms with Crippen LogP contribution in [0.4, 0.5) is 0 Å². The van der Waals surface area contributed by atoms with E-state index in [9.17, 15) is 5.11 Å². The summed E-state index contributed by atoms with van der Waals surface area (Å²) in [4.78, 5) is 0. The number of unbranched alkanes of at least 4 members (excludes halogenated alkanes) is 2. The van der Waals surface area contributed by atoms with Gasteiger partial charge in [-0.25, -0.2) is 0 Å². The van der Waals surface area contributed by atoms with E-state index < -0.39 is 0 Å². The van der Waals surface area contributed by atoms with Gasteiger partial charge in [0.1, 0.15) is 0 Å². The van der Waals surface area contributed by atoms with Gasteiger partial charge >= 0.3 is 0 Å². The van der Waals surface area contributed by atoms with E-state index in [0.29, 0.717) is 5.92 Å². The Morgan fingerprint density at radius 2 is 1.94 bits per heavy atom. The molecule has 0 aliphatic carbocycles. The second kappa shape index (κ2) is 9.57. The van der Waals surface area contributed by atoms with Crippen LogP contribution in [0.5, 0.6) is 0 Å². The van der Waals surface area contributed by atoms with Gasteiger partial charge in [0.15, 0.2) is 0 Å². The standard InChI is InChI=1S/C16H32O2/c1-6-8-9-13-18-16(4,5)12-10-11-14(3)15(17)7-2/h7,14-15,17H,2,6,8-13H2,1,3-5H3. The number of hydrogen-bond acceptors (Lipinski definition) is 2. The monoisotopic (exact) mass is 256 g/mol. The minimum absolute atomic E-state index is 0.0351. The molecule has 0 rings (SSSR count). The van der Waals surface area contributed by atoms with Crippen LogP contribution in [0.25, 0.3) is 0 Å². The summed E-state index contributed by atoms with van der Waals surface area (Å²) < 4.78 is 5.92. The summed E-state index contributed by atoms with van der Waals surface area (Å²) in [6.45, 7) is 13.1. The molecule has 0 radical (unpaired) electrons. The molecule has 0 aromatic heterocycles. The Kier molecular flexibility index (Phi) is 9.39. The SMILES string of the molecule is C=CC(O)C(C)CCCC(C)(C)OCCCCC. The summed E-state index contributed by atoms with van der Waals surface area (Å²) >= 11 is 0. The van der Waals surface area contributed by atoms with Crippen LogP contribution in [0.1, 0.15) is 66.2 Å². The van der Waals surface area contributed by atoms with Gasteiger partial charge in [-0.15, -0.1) is 6.58 Å². The fraction of sp³-hybridized carbons (Fsp3) is 0.875. The van der Waals surface area contributed by atoms with Crippen LogP contribution in [0.2, 0.25) is 0 Å². The Hall–Kier alpha value is -0.340. The first-order valence-corrected chi connectivity index (χ1v) is 7.37. The molecule has 0 bridgehead atoms. The van der Waals surface area contributed by atoms with Gasteiger partial charge in [-0.2, -0.15) is 0 Å². The maximum Gasteiger partial charge on any atom is 0.0743 e. The zero-order chi connectivity index (χ0) is 14.0. The quantitative estimate of drug-likeness (QED) is 0.440. The van der Waals surface area contributed by atoms with E-state index in [-0.39, 0.29) is 11.7 Å². The third-order valence-corrected chi connectivity index (χ3v) is 3.50. The molecule has 108 valence electrons. The van der Waals surface area contributed by atoms with E-state index in [1.165, 1.54) is 12.8 Å². The van der Waals surface area contributed by atoms with E-state index in [4.69, 9.17) is 4.74 Å². The number of rotatable bonds is 11. The Balaban J connectivity index is 3.72. The van der Waals surface area contributed by atoms with Gasteiger partial charge in [0.25, 0.3) is 0 Å². The lowest BCUT2D eigenvalue weighted by molar-refractivity contribution is -0.0276. The Morgan fingerprint density at radius 3 is 2.50 bits per heavy atom. The first-order valence-electron chi connectivity index (χ1n) is 7.37. The summed E-state index contributed by atoms with van der Waals surface area (Å²) in [6, 6.07) is 0. The topological polar surface area (TPSA) is 29.5 Å². The molecular formula is C16H32O2. The van der Waals surface area contributed by atoms with Crippen molar-refractivity contribution in [2.75, 3.05) is 6.61 Å². The normalized spacial score (nSPS) is 15.4. The molecule has 0 aliphatic rings.